The van der Waals surface area contributed by atoms with Gasteiger partial charge in [0.25, 0.3) is 0 Å². The van der Waals surface area contributed by atoms with Gasteiger partial charge in [0.1, 0.15) is 0 Å². The van der Waals surface area contributed by atoms with E-state index in [4.69, 9.17) is 9.47 Å². The van der Waals surface area contributed by atoms with Gasteiger partial charge in [-0.25, -0.2) is 8.42 Å². The maximum Gasteiger partial charge on any atom is 0.243 e. The van der Waals surface area contributed by atoms with Crippen molar-refractivity contribution in [1.29, 1.82) is 0 Å². The zero-order chi connectivity index (χ0) is 23.8. The van der Waals surface area contributed by atoms with Gasteiger partial charge in [-0.15, -0.1) is 0 Å². The van der Waals surface area contributed by atoms with Gasteiger partial charge >= 0.3 is 0 Å². The van der Waals surface area contributed by atoms with Crippen LogP contribution in [0.4, 0.5) is 5.69 Å². The van der Waals surface area contributed by atoms with Crippen molar-refractivity contribution in [2.24, 2.45) is 0 Å². The van der Waals surface area contributed by atoms with E-state index >= 15 is 0 Å². The molecule has 3 aromatic carbocycles. The highest BCUT2D eigenvalue weighted by atomic mass is 32.2. The Hall–Kier alpha value is -3.36. The number of methoxy groups -OCH3 is 2. The second kappa shape index (κ2) is 11.0. The molecule has 7 nitrogen and oxygen atoms in total. The molecule has 0 aromatic heterocycles. The zero-order valence-corrected chi connectivity index (χ0v) is 19.8. The average Bonchev–Trinajstić information content (AvgIpc) is 2.82. The van der Waals surface area contributed by atoms with Crippen molar-refractivity contribution in [1.82, 2.24) is 4.31 Å². The van der Waals surface area contributed by atoms with Crippen LogP contribution in [0, 0.1) is 6.92 Å². The normalized spacial score (nSPS) is 11.3. The Balaban J connectivity index is 1.81. The fraction of sp³-hybridized carbons (Fsp3) is 0.240. The minimum Gasteiger partial charge on any atom is -0.493 e. The predicted molar refractivity (Wildman–Crippen MR) is 128 cm³/mol. The molecule has 174 valence electrons. The lowest BCUT2D eigenvalue weighted by atomic mass is 10.1. The van der Waals surface area contributed by atoms with Crippen molar-refractivity contribution < 1.29 is 22.7 Å². The highest BCUT2D eigenvalue weighted by molar-refractivity contribution is 7.89. The highest BCUT2D eigenvalue weighted by Gasteiger charge is 2.26. The number of ether oxygens (including phenoxy) is 2. The first-order valence-electron chi connectivity index (χ1n) is 10.5. The number of nitrogens with zero attached hydrogens (tertiary/aromatic N) is 1. The van der Waals surface area contributed by atoms with Crippen molar-refractivity contribution in [3.8, 4) is 11.5 Å². The van der Waals surface area contributed by atoms with Gasteiger partial charge in [-0.2, -0.15) is 4.31 Å². The van der Waals surface area contributed by atoms with Crippen LogP contribution in [0.5, 0.6) is 11.5 Å². The van der Waals surface area contributed by atoms with Crippen LogP contribution < -0.4 is 14.8 Å². The van der Waals surface area contributed by atoms with E-state index < -0.39 is 15.9 Å². The Bertz CT molecular complexity index is 1180. The molecule has 0 fully saturated rings. The Morgan fingerprint density at radius 1 is 0.909 bits per heavy atom. The lowest BCUT2D eigenvalue weighted by molar-refractivity contribution is -0.116. The van der Waals surface area contributed by atoms with E-state index in [1.807, 2.05) is 37.3 Å². The van der Waals surface area contributed by atoms with E-state index in [1.165, 1.54) is 18.5 Å². The summed E-state index contributed by atoms with van der Waals surface area (Å²) >= 11 is 0. The number of hydrogen-bond acceptors (Lipinski definition) is 5. The second-order valence-electron chi connectivity index (χ2n) is 7.51. The summed E-state index contributed by atoms with van der Waals surface area (Å²) < 4.78 is 38.4. The number of anilines is 1. The first-order chi connectivity index (χ1) is 15.8. The van der Waals surface area contributed by atoms with E-state index in [0.717, 1.165) is 11.1 Å². The summed E-state index contributed by atoms with van der Waals surface area (Å²) in [6.45, 7) is 1.73. The van der Waals surface area contributed by atoms with Crippen LogP contribution in [-0.2, 0) is 21.2 Å². The van der Waals surface area contributed by atoms with Crippen LogP contribution in [0.25, 0.3) is 0 Å². The lowest BCUT2D eigenvalue weighted by Crippen LogP contribution is -2.39. The van der Waals surface area contributed by atoms with Crippen molar-refractivity contribution >= 4 is 21.6 Å². The van der Waals surface area contributed by atoms with E-state index in [0.29, 0.717) is 23.6 Å². The number of amides is 1. The van der Waals surface area contributed by atoms with Crippen molar-refractivity contribution in [2.75, 3.05) is 32.6 Å². The molecule has 0 bridgehead atoms. The molecule has 0 saturated carbocycles. The summed E-state index contributed by atoms with van der Waals surface area (Å²) in [7, 11) is -0.844. The van der Waals surface area contributed by atoms with Gasteiger partial charge in [-0.1, -0.05) is 48.0 Å². The second-order valence-corrected chi connectivity index (χ2v) is 9.44. The third-order valence-corrected chi connectivity index (χ3v) is 7.00. The number of carbonyl (C=O) groups excluding carboxylic acids is 1. The molecule has 0 aliphatic carbocycles. The summed E-state index contributed by atoms with van der Waals surface area (Å²) in [6, 6.07) is 21.1. The van der Waals surface area contributed by atoms with E-state index in [9.17, 15) is 13.2 Å². The quantitative estimate of drug-likeness (QED) is 0.488. The van der Waals surface area contributed by atoms with Crippen molar-refractivity contribution in [3.63, 3.8) is 0 Å². The molecule has 0 aliphatic rings. The Morgan fingerprint density at radius 3 is 2.21 bits per heavy atom. The topological polar surface area (TPSA) is 84.9 Å². The predicted octanol–water partition coefficient (Wildman–Crippen LogP) is 3.88. The average molecular weight is 469 g/mol. The van der Waals surface area contributed by atoms with Crippen LogP contribution in [0.2, 0.25) is 0 Å². The molecule has 0 heterocycles. The number of hydrogen-bond donors (Lipinski definition) is 1. The van der Waals surface area contributed by atoms with Gasteiger partial charge < -0.3 is 14.8 Å². The van der Waals surface area contributed by atoms with Crippen molar-refractivity contribution in [2.45, 2.75) is 18.2 Å². The number of carbonyl (C=O) groups is 1. The summed E-state index contributed by atoms with van der Waals surface area (Å²) in [4.78, 5) is 13.0. The molecular weight excluding hydrogens is 440 g/mol. The standard InChI is InChI=1S/C25H28N2O5S/c1-19-9-12-22(13-10-19)33(29,30)27(16-15-20-7-5-4-6-8-20)18-25(28)26-21-11-14-23(31-2)24(17-21)32-3/h4-14,17H,15-16,18H2,1-3H3,(H,26,28). The maximum atomic E-state index is 13.3. The molecule has 0 unspecified atom stereocenters. The molecule has 33 heavy (non-hydrogen) atoms. The number of sulfonamides is 1. The van der Waals surface area contributed by atoms with Gasteiger partial charge in [0.05, 0.1) is 25.7 Å². The minimum atomic E-state index is -3.87. The number of aryl methyl sites for hydroxylation is 1. The van der Waals surface area contributed by atoms with Crippen LogP contribution >= 0.6 is 0 Å². The number of rotatable bonds is 10. The van der Waals surface area contributed by atoms with Crippen LogP contribution in [0.1, 0.15) is 11.1 Å². The van der Waals surface area contributed by atoms with Crippen LogP contribution in [0.3, 0.4) is 0 Å². The first kappa shape index (κ1) is 24.3. The Morgan fingerprint density at radius 2 is 1.58 bits per heavy atom. The number of nitrogens with one attached hydrogen (secondary N) is 1. The first-order valence-corrected chi connectivity index (χ1v) is 11.9. The molecule has 0 atom stereocenters. The zero-order valence-electron chi connectivity index (χ0n) is 18.9. The van der Waals surface area contributed by atoms with Gasteiger partial charge in [-0.05, 0) is 43.2 Å². The smallest absolute Gasteiger partial charge is 0.243 e. The SMILES string of the molecule is COc1ccc(NC(=O)CN(CCc2ccccc2)S(=O)(=O)c2ccc(C)cc2)cc1OC. The molecule has 1 N–H and O–H groups in total. The monoisotopic (exact) mass is 468 g/mol. The third-order valence-electron chi connectivity index (χ3n) is 5.14. The molecular formula is C25H28N2O5S. The van der Waals surface area contributed by atoms with Gasteiger partial charge in [-0.3, -0.25) is 4.79 Å². The van der Waals surface area contributed by atoms with E-state index in [-0.39, 0.29) is 18.0 Å². The van der Waals surface area contributed by atoms with Crippen molar-refractivity contribution in [3.05, 3.63) is 83.9 Å². The fourth-order valence-corrected chi connectivity index (χ4v) is 4.71. The Kier molecular flexibility index (Phi) is 8.08. The lowest BCUT2D eigenvalue weighted by Gasteiger charge is -2.22. The number of benzene rings is 3. The van der Waals surface area contributed by atoms with Gasteiger partial charge in [0, 0.05) is 18.3 Å². The summed E-state index contributed by atoms with van der Waals surface area (Å²) in [5, 5.41) is 2.75. The largest absolute Gasteiger partial charge is 0.493 e. The fourth-order valence-electron chi connectivity index (χ4n) is 3.32. The van der Waals surface area contributed by atoms with Gasteiger partial charge in [0.2, 0.25) is 15.9 Å². The van der Waals surface area contributed by atoms with Crippen LogP contribution in [-0.4, -0.2) is 45.9 Å². The molecule has 0 aliphatic heterocycles. The van der Waals surface area contributed by atoms with Gasteiger partial charge in [0.15, 0.2) is 11.5 Å². The molecule has 8 heteroatoms. The molecule has 1 amide bonds. The third kappa shape index (κ3) is 6.34. The summed E-state index contributed by atoms with van der Waals surface area (Å²) in [6.07, 6.45) is 0.482. The van der Waals surface area contributed by atoms with E-state index in [1.54, 1.807) is 42.5 Å². The minimum absolute atomic E-state index is 0.153. The molecule has 3 aromatic rings. The molecule has 0 radical (unpaired) electrons. The maximum absolute atomic E-state index is 13.3. The van der Waals surface area contributed by atoms with Crippen LogP contribution in [0.15, 0.2) is 77.7 Å². The Labute approximate surface area is 195 Å². The molecule has 0 spiro atoms. The summed E-state index contributed by atoms with van der Waals surface area (Å²) in [5.74, 6) is 0.538. The molecule has 3 rings (SSSR count). The molecule has 0 saturated heterocycles. The van der Waals surface area contributed by atoms with E-state index in [2.05, 4.69) is 5.32 Å². The highest BCUT2D eigenvalue weighted by Crippen LogP contribution is 2.29. The summed E-state index contributed by atoms with van der Waals surface area (Å²) in [5.41, 5.74) is 2.42.